The fraction of sp³-hybridized carbons (Fsp3) is 0.846. The van der Waals surface area contributed by atoms with E-state index >= 15 is 0 Å². The molecular weight excluding hydrogens is 258 g/mol. The topological polar surface area (TPSA) is 76.7 Å². The van der Waals surface area contributed by atoms with Gasteiger partial charge in [-0.15, -0.1) is 0 Å². The van der Waals surface area contributed by atoms with Crippen LogP contribution in [-0.4, -0.2) is 80.1 Å². The summed E-state index contributed by atoms with van der Waals surface area (Å²) in [6.45, 7) is 8.99. The first kappa shape index (κ1) is 15.2. The first-order chi connectivity index (χ1) is 9.69. The molecule has 2 rings (SSSR count). The lowest BCUT2D eigenvalue weighted by atomic mass is 10.1. The normalized spacial score (nSPS) is 21.2. The molecule has 0 bridgehead atoms. The van der Waals surface area contributed by atoms with Crippen molar-refractivity contribution in [2.45, 2.75) is 19.4 Å². The third kappa shape index (κ3) is 4.43. The van der Waals surface area contributed by atoms with Gasteiger partial charge >= 0.3 is 6.03 Å². The van der Waals surface area contributed by atoms with Crippen LogP contribution in [0.4, 0.5) is 4.79 Å². The molecule has 0 aromatic carbocycles. The quantitative estimate of drug-likeness (QED) is 0.592. The second kappa shape index (κ2) is 7.56. The molecule has 0 radical (unpaired) electrons. The first-order valence-electron chi connectivity index (χ1n) is 7.44. The van der Waals surface area contributed by atoms with Crippen LogP contribution in [-0.2, 0) is 4.79 Å². The van der Waals surface area contributed by atoms with Crippen molar-refractivity contribution < 1.29 is 9.59 Å². The SMILES string of the molecule is CCCNC(=O)NC(=O)CN1CC(N2CCNCC2)C1. The maximum Gasteiger partial charge on any atom is 0.321 e. The van der Waals surface area contributed by atoms with Crippen LogP contribution in [0.1, 0.15) is 13.3 Å². The molecule has 3 N–H and O–H groups in total. The van der Waals surface area contributed by atoms with Gasteiger partial charge in [-0.05, 0) is 6.42 Å². The first-order valence-corrected chi connectivity index (χ1v) is 7.44. The summed E-state index contributed by atoms with van der Waals surface area (Å²) in [5, 5.41) is 8.32. The molecule has 2 aliphatic rings. The molecule has 0 saturated carbocycles. The summed E-state index contributed by atoms with van der Waals surface area (Å²) < 4.78 is 0. The fourth-order valence-corrected chi connectivity index (χ4v) is 2.60. The van der Waals surface area contributed by atoms with E-state index in [2.05, 4.69) is 25.8 Å². The van der Waals surface area contributed by atoms with Crippen LogP contribution < -0.4 is 16.0 Å². The van der Waals surface area contributed by atoms with Crippen molar-refractivity contribution in [3.63, 3.8) is 0 Å². The number of hydrogen-bond donors (Lipinski definition) is 3. The number of nitrogens with zero attached hydrogens (tertiary/aromatic N) is 2. The second-order valence-electron chi connectivity index (χ2n) is 5.44. The molecule has 0 atom stereocenters. The highest BCUT2D eigenvalue weighted by Crippen LogP contribution is 2.14. The molecule has 20 heavy (non-hydrogen) atoms. The Bertz CT molecular complexity index is 338. The highest BCUT2D eigenvalue weighted by Gasteiger charge is 2.33. The summed E-state index contributed by atoms with van der Waals surface area (Å²) in [5.41, 5.74) is 0. The standard InChI is InChI=1S/C13H25N5O2/c1-2-3-15-13(20)16-12(19)10-17-8-11(9-17)18-6-4-14-5-7-18/h11,14H,2-10H2,1H3,(H2,15,16,19,20). The average Bonchev–Trinajstić information content (AvgIpc) is 2.41. The van der Waals surface area contributed by atoms with E-state index in [1.165, 1.54) is 0 Å². The van der Waals surface area contributed by atoms with E-state index in [1.807, 2.05) is 6.92 Å². The van der Waals surface area contributed by atoms with Crippen molar-refractivity contribution in [1.82, 2.24) is 25.8 Å². The van der Waals surface area contributed by atoms with Crippen LogP contribution >= 0.6 is 0 Å². The van der Waals surface area contributed by atoms with Gasteiger partial charge in [0.15, 0.2) is 0 Å². The van der Waals surface area contributed by atoms with E-state index in [0.29, 0.717) is 19.1 Å². The number of likely N-dealkylation sites (tertiary alicyclic amines) is 1. The lowest BCUT2D eigenvalue weighted by Crippen LogP contribution is -2.64. The van der Waals surface area contributed by atoms with E-state index in [-0.39, 0.29) is 5.91 Å². The molecule has 2 aliphatic heterocycles. The number of carbonyl (C=O) groups excluding carboxylic acids is 2. The van der Waals surface area contributed by atoms with E-state index in [1.54, 1.807) is 0 Å². The van der Waals surface area contributed by atoms with E-state index in [0.717, 1.165) is 45.7 Å². The summed E-state index contributed by atoms with van der Waals surface area (Å²) in [4.78, 5) is 27.6. The highest BCUT2D eigenvalue weighted by atomic mass is 16.2. The third-order valence-electron chi connectivity index (χ3n) is 3.76. The molecule has 3 amide bonds. The molecule has 0 aromatic heterocycles. The Kier molecular flexibility index (Phi) is 5.75. The molecule has 2 heterocycles. The predicted octanol–water partition coefficient (Wildman–Crippen LogP) is -1.19. The molecule has 0 aliphatic carbocycles. The fourth-order valence-electron chi connectivity index (χ4n) is 2.60. The molecule has 2 fully saturated rings. The molecule has 7 heteroatoms. The Morgan fingerprint density at radius 3 is 2.60 bits per heavy atom. The highest BCUT2D eigenvalue weighted by molar-refractivity contribution is 5.95. The minimum Gasteiger partial charge on any atom is -0.338 e. The summed E-state index contributed by atoms with van der Waals surface area (Å²) in [5.74, 6) is -0.225. The number of rotatable bonds is 5. The van der Waals surface area contributed by atoms with Crippen molar-refractivity contribution in [3.05, 3.63) is 0 Å². The van der Waals surface area contributed by atoms with E-state index < -0.39 is 6.03 Å². The Labute approximate surface area is 120 Å². The summed E-state index contributed by atoms with van der Waals surface area (Å²) in [7, 11) is 0. The number of carbonyl (C=O) groups is 2. The lowest BCUT2D eigenvalue weighted by molar-refractivity contribution is -0.123. The van der Waals surface area contributed by atoms with Crippen LogP contribution in [0.3, 0.4) is 0 Å². The Morgan fingerprint density at radius 2 is 1.95 bits per heavy atom. The van der Waals surface area contributed by atoms with Gasteiger partial charge < -0.3 is 10.6 Å². The zero-order valence-electron chi connectivity index (χ0n) is 12.2. The zero-order chi connectivity index (χ0) is 14.4. The minimum absolute atomic E-state index is 0.225. The van der Waals surface area contributed by atoms with Gasteiger partial charge in [0.25, 0.3) is 0 Å². The van der Waals surface area contributed by atoms with Crippen LogP contribution in [0.5, 0.6) is 0 Å². The largest absolute Gasteiger partial charge is 0.338 e. The van der Waals surface area contributed by atoms with Gasteiger partial charge in [0.2, 0.25) is 5.91 Å². The molecule has 0 unspecified atom stereocenters. The number of imide groups is 1. The number of nitrogens with one attached hydrogen (secondary N) is 3. The van der Waals surface area contributed by atoms with Gasteiger partial charge in [-0.25, -0.2) is 4.79 Å². The van der Waals surface area contributed by atoms with Crippen molar-refractivity contribution in [3.8, 4) is 0 Å². The van der Waals surface area contributed by atoms with Gasteiger partial charge in [0.1, 0.15) is 0 Å². The number of amides is 3. The number of urea groups is 1. The van der Waals surface area contributed by atoms with Crippen LogP contribution in [0.15, 0.2) is 0 Å². The number of hydrogen-bond acceptors (Lipinski definition) is 5. The van der Waals surface area contributed by atoms with Crippen molar-refractivity contribution >= 4 is 11.9 Å². The van der Waals surface area contributed by atoms with Crippen molar-refractivity contribution in [1.29, 1.82) is 0 Å². The third-order valence-corrected chi connectivity index (χ3v) is 3.76. The Morgan fingerprint density at radius 1 is 1.25 bits per heavy atom. The lowest BCUT2D eigenvalue weighted by Gasteiger charge is -2.46. The van der Waals surface area contributed by atoms with Gasteiger partial charge in [0, 0.05) is 51.9 Å². The van der Waals surface area contributed by atoms with Crippen LogP contribution in [0, 0.1) is 0 Å². The Balaban J connectivity index is 1.59. The average molecular weight is 283 g/mol. The molecule has 7 nitrogen and oxygen atoms in total. The van der Waals surface area contributed by atoms with Gasteiger partial charge in [-0.1, -0.05) is 6.92 Å². The molecular formula is C13H25N5O2. The van der Waals surface area contributed by atoms with Crippen molar-refractivity contribution in [2.24, 2.45) is 0 Å². The minimum atomic E-state index is -0.393. The van der Waals surface area contributed by atoms with Crippen LogP contribution in [0.2, 0.25) is 0 Å². The second-order valence-corrected chi connectivity index (χ2v) is 5.44. The van der Waals surface area contributed by atoms with Gasteiger partial charge in [-0.2, -0.15) is 0 Å². The molecule has 0 spiro atoms. The Hall–Kier alpha value is -1.18. The maximum atomic E-state index is 11.7. The van der Waals surface area contributed by atoms with E-state index in [9.17, 15) is 9.59 Å². The summed E-state index contributed by atoms with van der Waals surface area (Å²) >= 11 is 0. The molecule has 114 valence electrons. The zero-order valence-corrected chi connectivity index (χ0v) is 12.2. The van der Waals surface area contributed by atoms with Gasteiger partial charge in [0.05, 0.1) is 6.54 Å². The monoisotopic (exact) mass is 283 g/mol. The maximum absolute atomic E-state index is 11.7. The van der Waals surface area contributed by atoms with Gasteiger partial charge in [-0.3, -0.25) is 19.9 Å². The predicted molar refractivity (Wildman–Crippen MR) is 76.5 cm³/mol. The van der Waals surface area contributed by atoms with E-state index in [4.69, 9.17) is 0 Å². The van der Waals surface area contributed by atoms with Crippen LogP contribution in [0.25, 0.3) is 0 Å². The smallest absolute Gasteiger partial charge is 0.321 e. The molecule has 2 saturated heterocycles. The summed E-state index contributed by atoms with van der Waals surface area (Å²) in [6.07, 6.45) is 0.861. The summed E-state index contributed by atoms with van der Waals surface area (Å²) in [6, 6.07) is 0.176. The van der Waals surface area contributed by atoms with Crippen molar-refractivity contribution in [2.75, 3.05) is 52.4 Å². The number of piperazine rings is 1. The molecule has 0 aromatic rings.